The predicted octanol–water partition coefficient (Wildman–Crippen LogP) is 3.17. The fourth-order valence-electron chi connectivity index (χ4n) is 2.88. The molecule has 3 aromatic heterocycles. The summed E-state index contributed by atoms with van der Waals surface area (Å²) in [5.74, 6) is 0.536. The van der Waals surface area contributed by atoms with E-state index in [2.05, 4.69) is 15.4 Å². The standard InChI is InChI=1S/C20H18N4O3/c1-24-14(11-16(23-24)15-7-3-4-9-21-15)12-22-20(25)18-10-13-6-5-8-17(26-2)19(13)27-18/h3-11H,12H2,1-2H3,(H,22,25). The number of carbonyl (C=O) groups is 1. The van der Waals surface area contributed by atoms with E-state index in [1.807, 2.05) is 43.4 Å². The maximum atomic E-state index is 12.5. The summed E-state index contributed by atoms with van der Waals surface area (Å²) in [7, 11) is 3.40. The maximum absolute atomic E-state index is 12.5. The van der Waals surface area contributed by atoms with E-state index in [1.165, 1.54) is 0 Å². The number of para-hydroxylation sites is 1. The quantitative estimate of drug-likeness (QED) is 0.590. The number of fused-ring (bicyclic) bond motifs is 1. The molecule has 0 spiro atoms. The van der Waals surface area contributed by atoms with Crippen molar-refractivity contribution in [1.82, 2.24) is 20.1 Å². The van der Waals surface area contributed by atoms with Crippen molar-refractivity contribution in [3.8, 4) is 17.1 Å². The minimum absolute atomic E-state index is 0.238. The first kappa shape index (κ1) is 16.8. The average Bonchev–Trinajstić information content (AvgIpc) is 3.30. The summed E-state index contributed by atoms with van der Waals surface area (Å²) in [5.41, 5.74) is 2.96. The maximum Gasteiger partial charge on any atom is 0.287 e. The Balaban J connectivity index is 1.51. The molecular formula is C20H18N4O3. The molecule has 7 heteroatoms. The third-order valence-electron chi connectivity index (χ3n) is 4.29. The van der Waals surface area contributed by atoms with E-state index in [-0.39, 0.29) is 11.7 Å². The molecule has 27 heavy (non-hydrogen) atoms. The Kier molecular flexibility index (Phi) is 4.33. The van der Waals surface area contributed by atoms with Crippen LogP contribution in [0.4, 0.5) is 0 Å². The van der Waals surface area contributed by atoms with Gasteiger partial charge in [-0.15, -0.1) is 0 Å². The third kappa shape index (κ3) is 3.27. The summed E-state index contributed by atoms with van der Waals surface area (Å²) in [6.45, 7) is 0.323. The molecule has 0 aliphatic carbocycles. The van der Waals surface area contributed by atoms with E-state index in [4.69, 9.17) is 9.15 Å². The van der Waals surface area contributed by atoms with Gasteiger partial charge in [0.2, 0.25) is 0 Å². The van der Waals surface area contributed by atoms with Gasteiger partial charge in [-0.3, -0.25) is 14.5 Å². The van der Waals surface area contributed by atoms with Crippen LogP contribution in [0.5, 0.6) is 5.75 Å². The lowest BCUT2D eigenvalue weighted by atomic mass is 10.2. The zero-order chi connectivity index (χ0) is 18.8. The monoisotopic (exact) mass is 362 g/mol. The molecular weight excluding hydrogens is 344 g/mol. The number of nitrogens with one attached hydrogen (secondary N) is 1. The molecule has 0 atom stereocenters. The number of methoxy groups -OCH3 is 1. The van der Waals surface area contributed by atoms with Crippen molar-refractivity contribution in [3.63, 3.8) is 0 Å². The Bertz CT molecular complexity index is 1100. The summed E-state index contributed by atoms with van der Waals surface area (Å²) in [4.78, 5) is 16.8. The van der Waals surface area contributed by atoms with E-state index in [0.717, 1.165) is 22.5 Å². The number of hydrogen-bond donors (Lipinski definition) is 1. The second-order valence-corrected chi connectivity index (χ2v) is 6.03. The van der Waals surface area contributed by atoms with Gasteiger partial charge in [-0.1, -0.05) is 18.2 Å². The molecule has 1 aromatic carbocycles. The number of nitrogens with zero attached hydrogens (tertiary/aromatic N) is 3. The van der Waals surface area contributed by atoms with Gasteiger partial charge < -0.3 is 14.5 Å². The topological polar surface area (TPSA) is 82.2 Å². The van der Waals surface area contributed by atoms with Crippen LogP contribution in [0, 0.1) is 0 Å². The first-order valence-electron chi connectivity index (χ1n) is 8.45. The van der Waals surface area contributed by atoms with E-state index in [0.29, 0.717) is 17.9 Å². The molecule has 0 bridgehead atoms. The SMILES string of the molecule is COc1cccc2cc(C(=O)NCc3cc(-c4ccccn4)nn3C)oc12. The minimum atomic E-state index is -0.297. The Morgan fingerprint density at radius 2 is 2.07 bits per heavy atom. The van der Waals surface area contributed by atoms with Crippen LogP contribution in [-0.4, -0.2) is 27.8 Å². The van der Waals surface area contributed by atoms with Gasteiger partial charge in [-0.05, 0) is 30.3 Å². The van der Waals surface area contributed by atoms with Crippen LogP contribution in [-0.2, 0) is 13.6 Å². The Morgan fingerprint density at radius 3 is 2.85 bits per heavy atom. The van der Waals surface area contributed by atoms with Crippen molar-refractivity contribution in [2.24, 2.45) is 7.05 Å². The van der Waals surface area contributed by atoms with Gasteiger partial charge in [0.15, 0.2) is 17.1 Å². The summed E-state index contributed by atoms with van der Waals surface area (Å²) in [5, 5.41) is 8.13. The molecule has 0 unspecified atom stereocenters. The lowest BCUT2D eigenvalue weighted by molar-refractivity contribution is 0.0924. The van der Waals surface area contributed by atoms with Crippen LogP contribution in [0.2, 0.25) is 0 Å². The molecule has 0 radical (unpaired) electrons. The number of rotatable bonds is 5. The molecule has 1 amide bonds. The third-order valence-corrected chi connectivity index (χ3v) is 4.29. The molecule has 4 rings (SSSR count). The number of furan rings is 1. The lowest BCUT2D eigenvalue weighted by Gasteiger charge is -2.03. The number of aromatic nitrogens is 3. The highest BCUT2D eigenvalue weighted by Crippen LogP contribution is 2.28. The van der Waals surface area contributed by atoms with Crippen LogP contribution in [0.25, 0.3) is 22.4 Å². The molecule has 0 aliphatic heterocycles. The van der Waals surface area contributed by atoms with Crippen molar-refractivity contribution in [3.05, 3.63) is 66.2 Å². The second kappa shape index (κ2) is 6.95. The Labute approximate surface area is 155 Å². The fourth-order valence-corrected chi connectivity index (χ4v) is 2.88. The molecule has 0 fully saturated rings. The van der Waals surface area contributed by atoms with E-state index in [1.54, 1.807) is 30.1 Å². The van der Waals surface area contributed by atoms with E-state index >= 15 is 0 Å². The number of pyridine rings is 1. The molecule has 1 N–H and O–H groups in total. The molecule has 0 saturated carbocycles. The average molecular weight is 362 g/mol. The second-order valence-electron chi connectivity index (χ2n) is 6.03. The lowest BCUT2D eigenvalue weighted by Crippen LogP contribution is -2.23. The highest BCUT2D eigenvalue weighted by atomic mass is 16.5. The number of amides is 1. The fraction of sp³-hybridized carbons (Fsp3) is 0.150. The van der Waals surface area contributed by atoms with E-state index < -0.39 is 0 Å². The van der Waals surface area contributed by atoms with Crippen LogP contribution < -0.4 is 10.1 Å². The van der Waals surface area contributed by atoms with Crippen molar-refractivity contribution in [2.75, 3.05) is 7.11 Å². The normalized spacial score (nSPS) is 10.9. The van der Waals surface area contributed by atoms with Crippen LogP contribution >= 0.6 is 0 Å². The zero-order valence-electron chi connectivity index (χ0n) is 15.0. The molecule has 3 heterocycles. The minimum Gasteiger partial charge on any atom is -0.493 e. The Morgan fingerprint density at radius 1 is 1.19 bits per heavy atom. The summed E-state index contributed by atoms with van der Waals surface area (Å²) in [6, 6.07) is 14.8. The van der Waals surface area contributed by atoms with Crippen LogP contribution in [0.1, 0.15) is 16.2 Å². The highest BCUT2D eigenvalue weighted by Gasteiger charge is 2.16. The van der Waals surface area contributed by atoms with Gasteiger partial charge in [-0.2, -0.15) is 5.10 Å². The number of ether oxygens (including phenoxy) is 1. The van der Waals surface area contributed by atoms with Gasteiger partial charge in [0.1, 0.15) is 5.69 Å². The number of benzene rings is 1. The van der Waals surface area contributed by atoms with Gasteiger partial charge in [0, 0.05) is 18.6 Å². The van der Waals surface area contributed by atoms with Gasteiger partial charge in [0.05, 0.1) is 25.0 Å². The molecule has 136 valence electrons. The number of carbonyl (C=O) groups excluding carboxylic acids is 1. The van der Waals surface area contributed by atoms with Crippen molar-refractivity contribution in [1.29, 1.82) is 0 Å². The molecule has 0 saturated heterocycles. The molecule has 0 aliphatic rings. The molecule has 4 aromatic rings. The largest absolute Gasteiger partial charge is 0.493 e. The zero-order valence-corrected chi connectivity index (χ0v) is 15.0. The number of hydrogen-bond acceptors (Lipinski definition) is 5. The Hall–Kier alpha value is -3.61. The van der Waals surface area contributed by atoms with Gasteiger partial charge in [0.25, 0.3) is 5.91 Å². The van der Waals surface area contributed by atoms with E-state index in [9.17, 15) is 4.79 Å². The highest BCUT2D eigenvalue weighted by molar-refractivity contribution is 5.97. The summed E-state index contributed by atoms with van der Waals surface area (Å²) in [6.07, 6.45) is 1.72. The van der Waals surface area contributed by atoms with Crippen molar-refractivity contribution >= 4 is 16.9 Å². The first-order chi connectivity index (χ1) is 13.2. The van der Waals surface area contributed by atoms with Crippen molar-refractivity contribution < 1.29 is 13.9 Å². The summed E-state index contributed by atoms with van der Waals surface area (Å²) >= 11 is 0. The first-order valence-corrected chi connectivity index (χ1v) is 8.45. The van der Waals surface area contributed by atoms with Gasteiger partial charge >= 0.3 is 0 Å². The van der Waals surface area contributed by atoms with Gasteiger partial charge in [-0.25, -0.2) is 0 Å². The van der Waals surface area contributed by atoms with Crippen LogP contribution in [0.15, 0.2) is 59.1 Å². The van der Waals surface area contributed by atoms with Crippen LogP contribution in [0.3, 0.4) is 0 Å². The molecule has 7 nitrogen and oxygen atoms in total. The predicted molar refractivity (Wildman–Crippen MR) is 100 cm³/mol. The number of aryl methyl sites for hydroxylation is 1. The van der Waals surface area contributed by atoms with Crippen molar-refractivity contribution in [2.45, 2.75) is 6.54 Å². The summed E-state index contributed by atoms with van der Waals surface area (Å²) < 4.78 is 12.7. The smallest absolute Gasteiger partial charge is 0.287 e.